The summed E-state index contributed by atoms with van der Waals surface area (Å²) < 4.78 is 0. The third-order valence-electron chi connectivity index (χ3n) is 3.74. The molecule has 1 heteroatoms. The Hall–Kier alpha value is -1.34. The normalized spacial score (nSPS) is 19.8. The first kappa shape index (κ1) is 9.86. The van der Waals surface area contributed by atoms with E-state index in [0.717, 1.165) is 6.42 Å². The van der Waals surface area contributed by atoms with Gasteiger partial charge >= 0.3 is 0 Å². The van der Waals surface area contributed by atoms with Gasteiger partial charge in [-0.05, 0) is 53.6 Å². The summed E-state index contributed by atoms with van der Waals surface area (Å²) in [6, 6.07) is 11.2. The minimum Gasteiger partial charge on any atom is -0.324 e. The highest BCUT2D eigenvalue weighted by molar-refractivity contribution is 5.90. The number of fused-ring (bicyclic) bond motifs is 3. The van der Waals surface area contributed by atoms with E-state index in [1.165, 1.54) is 40.3 Å². The van der Waals surface area contributed by atoms with Crippen molar-refractivity contribution in [1.29, 1.82) is 0 Å². The van der Waals surface area contributed by atoms with Crippen LogP contribution in [-0.4, -0.2) is 0 Å². The van der Waals surface area contributed by atoms with Crippen molar-refractivity contribution in [2.24, 2.45) is 5.73 Å². The number of rotatable bonds is 0. The second-order valence-electron chi connectivity index (χ2n) is 4.81. The predicted octanol–water partition coefficient (Wildman–Crippen LogP) is 3.48. The quantitative estimate of drug-likeness (QED) is 0.709. The van der Waals surface area contributed by atoms with E-state index >= 15 is 0 Å². The zero-order valence-corrected chi connectivity index (χ0v) is 9.66. The lowest BCUT2D eigenvalue weighted by Crippen LogP contribution is -2.17. The molecule has 0 amide bonds. The van der Waals surface area contributed by atoms with Crippen LogP contribution in [0, 0.1) is 6.92 Å². The molecular formula is C15H17N. The Bertz CT molecular complexity index is 542. The molecule has 2 N–H and O–H groups in total. The maximum atomic E-state index is 6.21. The summed E-state index contributed by atoms with van der Waals surface area (Å²) in [6.07, 6.45) is 3.54. The van der Waals surface area contributed by atoms with Gasteiger partial charge in [-0.25, -0.2) is 0 Å². The van der Waals surface area contributed by atoms with Crippen molar-refractivity contribution in [3.05, 3.63) is 47.0 Å². The Morgan fingerprint density at radius 3 is 2.75 bits per heavy atom. The van der Waals surface area contributed by atoms with E-state index in [2.05, 4.69) is 37.3 Å². The SMILES string of the molecule is Cc1cc2c(c3ccccc13)CCC[C@@H]2N. The molecule has 0 heterocycles. The Morgan fingerprint density at radius 2 is 1.94 bits per heavy atom. The zero-order valence-electron chi connectivity index (χ0n) is 9.66. The summed E-state index contributed by atoms with van der Waals surface area (Å²) in [6.45, 7) is 2.18. The Kier molecular flexibility index (Phi) is 2.22. The Labute approximate surface area is 96.3 Å². The first-order valence-electron chi connectivity index (χ1n) is 6.04. The topological polar surface area (TPSA) is 26.0 Å². The maximum absolute atomic E-state index is 6.21. The second-order valence-corrected chi connectivity index (χ2v) is 4.81. The molecule has 1 nitrogen and oxygen atoms in total. The average Bonchev–Trinajstić information content (AvgIpc) is 2.31. The van der Waals surface area contributed by atoms with Crippen LogP contribution in [0.4, 0.5) is 0 Å². The van der Waals surface area contributed by atoms with Crippen molar-refractivity contribution >= 4 is 10.8 Å². The molecule has 0 bridgehead atoms. The minimum atomic E-state index is 0.243. The fourth-order valence-corrected chi connectivity index (χ4v) is 2.91. The first-order chi connectivity index (χ1) is 7.77. The number of benzene rings is 2. The summed E-state index contributed by atoms with van der Waals surface area (Å²) in [5.41, 5.74) is 10.4. The van der Waals surface area contributed by atoms with Gasteiger partial charge in [0.25, 0.3) is 0 Å². The predicted molar refractivity (Wildman–Crippen MR) is 68.6 cm³/mol. The molecule has 0 radical (unpaired) electrons. The average molecular weight is 211 g/mol. The fourth-order valence-electron chi connectivity index (χ4n) is 2.91. The van der Waals surface area contributed by atoms with E-state index in [1.54, 1.807) is 0 Å². The molecule has 2 aromatic carbocycles. The van der Waals surface area contributed by atoms with E-state index in [0.29, 0.717) is 0 Å². The van der Waals surface area contributed by atoms with Gasteiger partial charge in [0, 0.05) is 6.04 Å². The molecule has 0 aromatic heterocycles. The van der Waals surface area contributed by atoms with Crippen LogP contribution >= 0.6 is 0 Å². The van der Waals surface area contributed by atoms with Gasteiger partial charge in [0.1, 0.15) is 0 Å². The molecule has 0 aliphatic heterocycles. The van der Waals surface area contributed by atoms with Gasteiger partial charge in [-0.2, -0.15) is 0 Å². The van der Waals surface area contributed by atoms with Crippen LogP contribution in [0.1, 0.15) is 35.6 Å². The molecule has 1 atom stereocenters. The molecule has 0 unspecified atom stereocenters. The summed E-state index contributed by atoms with van der Waals surface area (Å²) in [5.74, 6) is 0. The lowest BCUT2D eigenvalue weighted by molar-refractivity contribution is 0.573. The van der Waals surface area contributed by atoms with Crippen LogP contribution in [0.2, 0.25) is 0 Å². The summed E-state index contributed by atoms with van der Waals surface area (Å²) >= 11 is 0. The maximum Gasteiger partial charge on any atom is 0.0298 e. The summed E-state index contributed by atoms with van der Waals surface area (Å²) in [7, 11) is 0. The van der Waals surface area contributed by atoms with Crippen LogP contribution < -0.4 is 5.73 Å². The van der Waals surface area contributed by atoms with Crippen LogP contribution in [0.3, 0.4) is 0 Å². The second kappa shape index (κ2) is 3.60. The van der Waals surface area contributed by atoms with E-state index in [9.17, 15) is 0 Å². The lowest BCUT2D eigenvalue weighted by Gasteiger charge is -2.24. The smallest absolute Gasteiger partial charge is 0.0298 e. The van der Waals surface area contributed by atoms with Gasteiger partial charge in [0.15, 0.2) is 0 Å². The summed E-state index contributed by atoms with van der Waals surface area (Å²) in [5, 5.41) is 2.79. The van der Waals surface area contributed by atoms with Crippen molar-refractivity contribution in [3.63, 3.8) is 0 Å². The number of hydrogen-bond donors (Lipinski definition) is 1. The highest BCUT2D eigenvalue weighted by Gasteiger charge is 2.19. The zero-order chi connectivity index (χ0) is 11.1. The third-order valence-corrected chi connectivity index (χ3v) is 3.74. The van der Waals surface area contributed by atoms with Gasteiger partial charge in [0.2, 0.25) is 0 Å². The highest BCUT2D eigenvalue weighted by Crippen LogP contribution is 2.34. The van der Waals surface area contributed by atoms with Crippen molar-refractivity contribution in [2.45, 2.75) is 32.2 Å². The fraction of sp³-hybridized carbons (Fsp3) is 0.333. The minimum absolute atomic E-state index is 0.243. The van der Waals surface area contributed by atoms with Crippen molar-refractivity contribution in [1.82, 2.24) is 0 Å². The van der Waals surface area contributed by atoms with E-state index in [-0.39, 0.29) is 6.04 Å². The molecule has 0 saturated carbocycles. The first-order valence-corrected chi connectivity index (χ1v) is 6.04. The molecule has 0 saturated heterocycles. The molecule has 1 aliphatic carbocycles. The van der Waals surface area contributed by atoms with Crippen LogP contribution in [0.25, 0.3) is 10.8 Å². The summed E-state index contributed by atoms with van der Waals surface area (Å²) in [4.78, 5) is 0. The third kappa shape index (κ3) is 1.35. The molecule has 1 aliphatic rings. The molecule has 2 aromatic rings. The molecule has 16 heavy (non-hydrogen) atoms. The Morgan fingerprint density at radius 1 is 1.19 bits per heavy atom. The molecule has 82 valence electrons. The molecular weight excluding hydrogens is 194 g/mol. The van der Waals surface area contributed by atoms with E-state index in [1.807, 2.05) is 0 Å². The van der Waals surface area contributed by atoms with Crippen molar-refractivity contribution in [2.75, 3.05) is 0 Å². The van der Waals surface area contributed by atoms with E-state index in [4.69, 9.17) is 5.73 Å². The van der Waals surface area contributed by atoms with Gasteiger partial charge in [0.05, 0.1) is 0 Å². The Balaban J connectivity index is 2.38. The lowest BCUT2D eigenvalue weighted by atomic mass is 9.83. The van der Waals surface area contributed by atoms with Crippen LogP contribution in [0.5, 0.6) is 0 Å². The number of hydrogen-bond acceptors (Lipinski definition) is 1. The van der Waals surface area contributed by atoms with E-state index < -0.39 is 0 Å². The number of aryl methyl sites for hydroxylation is 2. The molecule has 0 fully saturated rings. The van der Waals surface area contributed by atoms with Gasteiger partial charge < -0.3 is 5.73 Å². The van der Waals surface area contributed by atoms with Crippen molar-refractivity contribution in [3.8, 4) is 0 Å². The van der Waals surface area contributed by atoms with Crippen LogP contribution in [0.15, 0.2) is 30.3 Å². The number of nitrogens with two attached hydrogens (primary N) is 1. The monoisotopic (exact) mass is 211 g/mol. The standard InChI is InChI=1S/C15H17N/c1-10-9-14-13(7-4-8-15(14)16)12-6-3-2-5-11(10)12/h2-3,5-6,9,15H,4,7-8,16H2,1H3/t15-/m0/s1. The highest BCUT2D eigenvalue weighted by atomic mass is 14.6. The van der Waals surface area contributed by atoms with Crippen molar-refractivity contribution < 1.29 is 0 Å². The van der Waals surface area contributed by atoms with Gasteiger partial charge in [-0.3, -0.25) is 0 Å². The largest absolute Gasteiger partial charge is 0.324 e. The van der Waals surface area contributed by atoms with Gasteiger partial charge in [-0.15, -0.1) is 0 Å². The molecule has 3 rings (SSSR count). The van der Waals surface area contributed by atoms with Gasteiger partial charge in [-0.1, -0.05) is 30.3 Å². The van der Waals surface area contributed by atoms with Crippen LogP contribution in [-0.2, 0) is 6.42 Å². The molecule has 0 spiro atoms.